The lowest BCUT2D eigenvalue weighted by Crippen LogP contribution is -2.31. The molecule has 0 saturated carbocycles. The molecule has 0 saturated heterocycles. The van der Waals surface area contributed by atoms with Crippen molar-refractivity contribution in [3.8, 4) is 0 Å². The maximum absolute atomic E-state index is 6.10. The van der Waals surface area contributed by atoms with Gasteiger partial charge in [0.1, 0.15) is 5.84 Å². The first-order chi connectivity index (χ1) is 11.3. The van der Waals surface area contributed by atoms with Gasteiger partial charge in [0.05, 0.1) is 10.6 Å². The molecule has 1 aliphatic heterocycles. The summed E-state index contributed by atoms with van der Waals surface area (Å²) >= 11 is 1.62. The van der Waals surface area contributed by atoms with Gasteiger partial charge in [-0.2, -0.15) is 0 Å². The fourth-order valence-corrected chi connectivity index (χ4v) is 3.66. The van der Waals surface area contributed by atoms with Crippen molar-refractivity contribution in [2.75, 3.05) is 31.6 Å². The van der Waals surface area contributed by atoms with Crippen LogP contribution in [0.4, 0.5) is 11.4 Å². The van der Waals surface area contributed by atoms with Crippen molar-refractivity contribution in [2.24, 2.45) is 10.7 Å². The van der Waals surface area contributed by atoms with Gasteiger partial charge in [-0.15, -0.1) is 36.2 Å². The lowest BCUT2D eigenvalue weighted by atomic mass is 10.0. The van der Waals surface area contributed by atoms with Gasteiger partial charge in [-0.1, -0.05) is 6.07 Å². The molecule has 0 unspecified atom stereocenters. The van der Waals surface area contributed by atoms with Crippen LogP contribution in [0.3, 0.4) is 0 Å². The normalized spacial score (nSPS) is 13.6. The van der Waals surface area contributed by atoms with E-state index in [1.165, 1.54) is 24.1 Å². The molecule has 0 aliphatic carbocycles. The second-order valence-corrected chi connectivity index (χ2v) is 6.78. The largest absolute Gasteiger partial charge is 0.383 e. The van der Waals surface area contributed by atoms with Gasteiger partial charge in [0.25, 0.3) is 0 Å². The quantitative estimate of drug-likeness (QED) is 0.437. The van der Waals surface area contributed by atoms with E-state index >= 15 is 0 Å². The number of rotatable bonds is 6. The topological polar surface area (TPSA) is 53.6 Å². The van der Waals surface area contributed by atoms with Crippen molar-refractivity contribution < 1.29 is 0 Å². The monoisotopic (exact) mass is 400 g/mol. The Kier molecular flexibility index (Phi) is 9.28. The zero-order chi connectivity index (χ0) is 16.1. The van der Waals surface area contributed by atoms with Crippen LogP contribution in [-0.4, -0.2) is 32.5 Å². The number of amidine groups is 1. The molecule has 138 valence electrons. The van der Waals surface area contributed by atoms with Crippen LogP contribution in [0.15, 0.2) is 40.7 Å². The zero-order valence-electron chi connectivity index (χ0n) is 14.4. The van der Waals surface area contributed by atoms with E-state index in [9.17, 15) is 0 Å². The van der Waals surface area contributed by atoms with Crippen LogP contribution in [0.25, 0.3) is 0 Å². The molecule has 0 spiro atoms. The number of fused-ring (bicyclic) bond motifs is 1. The van der Waals surface area contributed by atoms with Gasteiger partial charge in [-0.3, -0.25) is 0 Å². The standard InChI is InChI=1S/C18H24N4S.2ClH/c1-20-9-4-11-22-10-2-5-14-13-15(7-8-16(14)22)21-18(19)17-6-3-12-23-17;;/h3,6-8,12-13,20H,2,4-5,9-11H2,1H3,(H2,19,21);2*1H. The number of benzene rings is 1. The fourth-order valence-electron chi connectivity index (χ4n) is 3.03. The third-order valence-electron chi connectivity index (χ3n) is 4.16. The summed E-state index contributed by atoms with van der Waals surface area (Å²) in [6.45, 7) is 3.32. The minimum absolute atomic E-state index is 0. The first-order valence-electron chi connectivity index (χ1n) is 8.18. The number of nitrogens with zero attached hydrogens (tertiary/aromatic N) is 2. The van der Waals surface area contributed by atoms with Crippen LogP contribution < -0.4 is 16.0 Å². The molecular weight excluding hydrogens is 375 g/mol. The van der Waals surface area contributed by atoms with Crippen molar-refractivity contribution in [1.29, 1.82) is 0 Å². The molecule has 1 aromatic carbocycles. The summed E-state index contributed by atoms with van der Waals surface area (Å²) in [5, 5.41) is 5.24. The van der Waals surface area contributed by atoms with E-state index < -0.39 is 0 Å². The summed E-state index contributed by atoms with van der Waals surface area (Å²) in [5.74, 6) is 0.599. The van der Waals surface area contributed by atoms with E-state index in [0.29, 0.717) is 5.84 Å². The first kappa shape index (κ1) is 21.8. The Morgan fingerprint density at radius 1 is 1.32 bits per heavy atom. The molecule has 3 rings (SSSR count). The summed E-state index contributed by atoms with van der Waals surface area (Å²) < 4.78 is 0. The van der Waals surface area contributed by atoms with E-state index in [0.717, 1.165) is 36.6 Å². The highest BCUT2D eigenvalue weighted by atomic mass is 35.5. The predicted octanol–water partition coefficient (Wildman–Crippen LogP) is 3.99. The third-order valence-corrected chi connectivity index (χ3v) is 5.05. The molecule has 7 heteroatoms. The lowest BCUT2D eigenvalue weighted by Gasteiger charge is -2.31. The Morgan fingerprint density at radius 3 is 2.88 bits per heavy atom. The molecular formula is C18H26Cl2N4S. The summed E-state index contributed by atoms with van der Waals surface area (Å²) in [5.41, 5.74) is 9.80. The maximum atomic E-state index is 6.10. The number of anilines is 1. The number of nitrogens with one attached hydrogen (secondary N) is 1. The van der Waals surface area contributed by atoms with Crippen molar-refractivity contribution in [3.05, 3.63) is 46.2 Å². The Morgan fingerprint density at radius 2 is 2.16 bits per heavy atom. The first-order valence-corrected chi connectivity index (χ1v) is 9.06. The Bertz CT molecular complexity index is 674. The van der Waals surface area contributed by atoms with E-state index in [4.69, 9.17) is 5.73 Å². The molecule has 0 fully saturated rings. The van der Waals surface area contributed by atoms with E-state index in [-0.39, 0.29) is 24.8 Å². The van der Waals surface area contributed by atoms with Gasteiger partial charge < -0.3 is 16.0 Å². The van der Waals surface area contributed by atoms with Crippen molar-refractivity contribution in [1.82, 2.24) is 5.32 Å². The molecule has 0 atom stereocenters. The van der Waals surface area contributed by atoms with Crippen LogP contribution in [0, 0.1) is 0 Å². The molecule has 1 aliphatic rings. The van der Waals surface area contributed by atoms with Gasteiger partial charge in [-0.05, 0) is 68.1 Å². The van der Waals surface area contributed by atoms with Crippen molar-refractivity contribution in [3.63, 3.8) is 0 Å². The average Bonchev–Trinajstić information content (AvgIpc) is 3.09. The van der Waals surface area contributed by atoms with Crippen LogP contribution in [0.1, 0.15) is 23.3 Å². The van der Waals surface area contributed by atoms with Crippen molar-refractivity contribution in [2.45, 2.75) is 19.3 Å². The minimum Gasteiger partial charge on any atom is -0.383 e. The number of hydrogen-bond acceptors (Lipinski definition) is 4. The number of aliphatic imine (C=N–C) groups is 1. The van der Waals surface area contributed by atoms with Crippen molar-refractivity contribution >= 4 is 53.4 Å². The van der Waals surface area contributed by atoms with E-state index in [2.05, 4.69) is 33.4 Å². The molecule has 0 amide bonds. The van der Waals surface area contributed by atoms with Gasteiger partial charge in [0.2, 0.25) is 0 Å². The Labute approximate surface area is 166 Å². The number of aryl methyl sites for hydroxylation is 1. The predicted molar refractivity (Wildman–Crippen MR) is 115 cm³/mol. The maximum Gasteiger partial charge on any atom is 0.141 e. The number of hydrogen-bond donors (Lipinski definition) is 2. The molecule has 1 aromatic heterocycles. The van der Waals surface area contributed by atoms with Crippen LogP contribution in [-0.2, 0) is 6.42 Å². The molecule has 25 heavy (non-hydrogen) atoms. The summed E-state index contributed by atoms with van der Waals surface area (Å²) in [7, 11) is 2.01. The number of nitrogens with two attached hydrogens (primary N) is 1. The Hall–Kier alpha value is -1.27. The van der Waals surface area contributed by atoms with E-state index in [1.54, 1.807) is 11.3 Å². The van der Waals surface area contributed by atoms with Gasteiger partial charge in [-0.25, -0.2) is 4.99 Å². The molecule has 0 radical (unpaired) electrons. The summed E-state index contributed by atoms with van der Waals surface area (Å²) in [4.78, 5) is 8.10. The number of halogens is 2. The van der Waals surface area contributed by atoms with Crippen LogP contribution in [0.2, 0.25) is 0 Å². The van der Waals surface area contributed by atoms with Crippen LogP contribution in [0.5, 0.6) is 0 Å². The summed E-state index contributed by atoms with van der Waals surface area (Å²) in [6, 6.07) is 10.5. The van der Waals surface area contributed by atoms with Gasteiger partial charge in [0, 0.05) is 18.8 Å². The number of thiophene rings is 1. The van der Waals surface area contributed by atoms with Crippen LogP contribution >= 0.6 is 36.2 Å². The highest BCUT2D eigenvalue weighted by Gasteiger charge is 2.16. The average molecular weight is 401 g/mol. The summed E-state index contributed by atoms with van der Waals surface area (Å²) in [6.07, 6.45) is 3.50. The highest BCUT2D eigenvalue weighted by molar-refractivity contribution is 7.12. The lowest BCUT2D eigenvalue weighted by molar-refractivity contribution is 0.644. The SMILES string of the molecule is CNCCCN1CCCc2cc(N=C(N)c3cccs3)ccc21.Cl.Cl. The highest BCUT2D eigenvalue weighted by Crippen LogP contribution is 2.31. The molecule has 0 bridgehead atoms. The molecule has 4 nitrogen and oxygen atoms in total. The fraction of sp³-hybridized carbons (Fsp3) is 0.389. The Balaban J connectivity index is 0.00000156. The van der Waals surface area contributed by atoms with Gasteiger partial charge >= 0.3 is 0 Å². The second kappa shape index (κ2) is 10.7. The van der Waals surface area contributed by atoms with Gasteiger partial charge in [0.15, 0.2) is 0 Å². The zero-order valence-corrected chi connectivity index (χ0v) is 16.9. The smallest absolute Gasteiger partial charge is 0.141 e. The molecule has 2 heterocycles. The second-order valence-electron chi connectivity index (χ2n) is 5.84. The molecule has 2 aromatic rings. The van der Waals surface area contributed by atoms with E-state index in [1.807, 2.05) is 24.6 Å². The molecule has 3 N–H and O–H groups in total. The minimum atomic E-state index is 0. The third kappa shape index (κ3) is 5.61.